The van der Waals surface area contributed by atoms with Gasteiger partial charge in [0.05, 0.1) is 17.8 Å². The third-order valence-electron chi connectivity index (χ3n) is 4.27. The summed E-state index contributed by atoms with van der Waals surface area (Å²) in [6.45, 7) is 0. The third-order valence-corrected chi connectivity index (χ3v) is 5.63. The Morgan fingerprint density at radius 2 is 1.87 bits per heavy atom. The number of hydrogen-bond donors (Lipinski definition) is 1. The van der Waals surface area contributed by atoms with Crippen molar-refractivity contribution < 1.29 is 14.4 Å². The molecule has 1 saturated heterocycles. The molecule has 0 radical (unpaired) electrons. The van der Waals surface area contributed by atoms with E-state index in [0.717, 1.165) is 41.9 Å². The van der Waals surface area contributed by atoms with E-state index in [4.69, 9.17) is 0 Å². The highest BCUT2D eigenvalue weighted by Crippen LogP contribution is 2.30. The first-order chi connectivity index (χ1) is 11.1. The molecular weight excluding hydrogens is 380 g/mol. The number of benzene rings is 1. The Balaban J connectivity index is 1.74. The maximum absolute atomic E-state index is 12.4. The molecule has 0 spiro atoms. The number of halogens is 1. The maximum atomic E-state index is 12.4. The van der Waals surface area contributed by atoms with E-state index in [1.807, 2.05) is 12.1 Å². The molecule has 5 nitrogen and oxygen atoms in total. The third kappa shape index (κ3) is 3.61. The number of nitrogens with one attached hydrogen (secondary N) is 1. The number of carbonyl (C=O) groups is 3. The van der Waals surface area contributed by atoms with Crippen molar-refractivity contribution in [2.24, 2.45) is 0 Å². The number of carbonyl (C=O) groups excluding carboxylic acids is 3. The molecule has 0 bridgehead atoms. The average molecular weight is 397 g/mol. The largest absolute Gasteiger partial charge is 0.347 e. The highest BCUT2D eigenvalue weighted by atomic mass is 79.9. The van der Waals surface area contributed by atoms with Crippen LogP contribution in [0.3, 0.4) is 0 Å². The molecule has 0 aromatic heterocycles. The van der Waals surface area contributed by atoms with E-state index >= 15 is 0 Å². The van der Waals surface area contributed by atoms with E-state index in [-0.39, 0.29) is 34.9 Å². The van der Waals surface area contributed by atoms with Gasteiger partial charge in [0, 0.05) is 10.0 Å². The van der Waals surface area contributed by atoms with Crippen molar-refractivity contribution in [2.45, 2.75) is 37.8 Å². The van der Waals surface area contributed by atoms with Crippen LogP contribution in [-0.2, 0) is 4.79 Å². The fraction of sp³-hybridized carbons (Fsp3) is 0.438. The second-order valence-corrected chi connectivity index (χ2v) is 7.60. The Hall–Kier alpha value is -1.34. The molecule has 122 valence electrons. The topological polar surface area (TPSA) is 66.5 Å². The number of thioether (sulfide) groups is 1. The number of nitrogens with zero attached hydrogens (tertiary/aromatic N) is 1. The molecule has 7 heteroatoms. The van der Waals surface area contributed by atoms with Crippen LogP contribution in [-0.4, -0.2) is 39.8 Å². The van der Waals surface area contributed by atoms with Crippen molar-refractivity contribution in [2.75, 3.05) is 5.75 Å². The van der Waals surface area contributed by atoms with Crippen LogP contribution in [0.25, 0.3) is 0 Å². The van der Waals surface area contributed by atoms with Crippen LogP contribution < -0.4 is 5.32 Å². The molecule has 2 atom stereocenters. The SMILES string of the molecule is O=C(NC1CCCCC1N1C(=O)CSC1=O)c1ccc(Br)cc1. The lowest BCUT2D eigenvalue weighted by Gasteiger charge is -2.36. The first kappa shape index (κ1) is 16.5. The standard InChI is InChI=1S/C16H17BrN2O3S/c17-11-7-5-10(6-8-11)15(21)18-12-3-1-2-4-13(12)19-14(20)9-23-16(19)22/h5-8,12-13H,1-4,9H2,(H,18,21). The highest BCUT2D eigenvalue weighted by Gasteiger charge is 2.41. The fourth-order valence-electron chi connectivity index (χ4n) is 3.13. The molecule has 1 heterocycles. The molecule has 2 unspecified atom stereocenters. The second-order valence-electron chi connectivity index (χ2n) is 5.76. The smallest absolute Gasteiger partial charge is 0.289 e. The van der Waals surface area contributed by atoms with E-state index in [9.17, 15) is 14.4 Å². The van der Waals surface area contributed by atoms with Crippen molar-refractivity contribution in [3.05, 3.63) is 34.3 Å². The predicted octanol–water partition coefficient (Wildman–Crippen LogP) is 3.19. The summed E-state index contributed by atoms with van der Waals surface area (Å²) in [6.07, 6.45) is 3.50. The second kappa shape index (κ2) is 7.05. The molecule has 1 aromatic rings. The van der Waals surface area contributed by atoms with Gasteiger partial charge >= 0.3 is 0 Å². The van der Waals surface area contributed by atoms with Gasteiger partial charge < -0.3 is 5.32 Å². The summed E-state index contributed by atoms with van der Waals surface area (Å²) in [5.74, 6) is -0.0983. The van der Waals surface area contributed by atoms with E-state index in [2.05, 4.69) is 21.2 Å². The van der Waals surface area contributed by atoms with Crippen LogP contribution in [0.1, 0.15) is 36.0 Å². The van der Waals surface area contributed by atoms with Crippen molar-refractivity contribution >= 4 is 44.7 Å². The summed E-state index contributed by atoms with van der Waals surface area (Å²) in [4.78, 5) is 37.7. The van der Waals surface area contributed by atoms with Gasteiger partial charge in [0.1, 0.15) is 0 Å². The summed E-state index contributed by atoms with van der Waals surface area (Å²) >= 11 is 4.39. The maximum Gasteiger partial charge on any atom is 0.289 e. The molecule has 2 fully saturated rings. The van der Waals surface area contributed by atoms with Gasteiger partial charge in [-0.05, 0) is 37.1 Å². The number of hydrogen-bond acceptors (Lipinski definition) is 4. The molecular formula is C16H17BrN2O3S. The van der Waals surface area contributed by atoms with E-state index in [0.29, 0.717) is 5.56 Å². The minimum absolute atomic E-state index is 0.144. The van der Waals surface area contributed by atoms with Gasteiger partial charge in [0.2, 0.25) is 5.91 Å². The summed E-state index contributed by atoms with van der Waals surface area (Å²) in [5, 5.41) is 2.82. The van der Waals surface area contributed by atoms with Gasteiger partial charge in [0.25, 0.3) is 11.1 Å². The van der Waals surface area contributed by atoms with Gasteiger partial charge in [-0.25, -0.2) is 0 Å². The van der Waals surface area contributed by atoms with Crippen LogP contribution in [0.15, 0.2) is 28.7 Å². The van der Waals surface area contributed by atoms with Crippen LogP contribution in [0.2, 0.25) is 0 Å². The molecule has 3 rings (SSSR count). The Kier molecular flexibility index (Phi) is 5.06. The van der Waals surface area contributed by atoms with Crippen molar-refractivity contribution in [3.63, 3.8) is 0 Å². The van der Waals surface area contributed by atoms with Crippen molar-refractivity contribution in [1.29, 1.82) is 0 Å². The Labute approximate surface area is 147 Å². The molecule has 1 aliphatic carbocycles. The summed E-state index contributed by atoms with van der Waals surface area (Å²) in [5.41, 5.74) is 0.575. The number of rotatable bonds is 3. The molecule has 1 aromatic carbocycles. The van der Waals surface area contributed by atoms with Crippen LogP contribution in [0.5, 0.6) is 0 Å². The minimum atomic E-state index is -0.224. The Bertz CT molecular complexity index is 619. The number of amides is 3. The zero-order valence-corrected chi connectivity index (χ0v) is 14.9. The summed E-state index contributed by atoms with van der Waals surface area (Å²) < 4.78 is 0.912. The normalized spacial score (nSPS) is 24.8. The van der Waals surface area contributed by atoms with E-state index in [1.165, 1.54) is 4.90 Å². The van der Waals surface area contributed by atoms with Gasteiger partial charge in [-0.3, -0.25) is 19.3 Å². The van der Waals surface area contributed by atoms with Crippen molar-refractivity contribution in [1.82, 2.24) is 10.2 Å². The first-order valence-electron chi connectivity index (χ1n) is 7.61. The van der Waals surface area contributed by atoms with E-state index < -0.39 is 0 Å². The highest BCUT2D eigenvalue weighted by molar-refractivity contribution is 9.10. The van der Waals surface area contributed by atoms with Gasteiger partial charge in [-0.1, -0.05) is 40.5 Å². The van der Waals surface area contributed by atoms with Crippen LogP contribution in [0, 0.1) is 0 Å². The zero-order chi connectivity index (χ0) is 16.4. The molecule has 2 aliphatic rings. The molecule has 1 aliphatic heterocycles. The average Bonchev–Trinajstić information content (AvgIpc) is 2.87. The monoisotopic (exact) mass is 396 g/mol. The van der Waals surface area contributed by atoms with Crippen molar-refractivity contribution in [3.8, 4) is 0 Å². The Morgan fingerprint density at radius 1 is 1.17 bits per heavy atom. The van der Waals surface area contributed by atoms with E-state index in [1.54, 1.807) is 12.1 Å². The zero-order valence-electron chi connectivity index (χ0n) is 12.5. The summed E-state index contributed by atoms with van der Waals surface area (Å²) in [6, 6.07) is 6.73. The minimum Gasteiger partial charge on any atom is -0.347 e. The lowest BCUT2D eigenvalue weighted by Crippen LogP contribution is -2.54. The van der Waals surface area contributed by atoms with Gasteiger partial charge in [-0.15, -0.1) is 0 Å². The Morgan fingerprint density at radius 3 is 2.52 bits per heavy atom. The molecule has 3 amide bonds. The van der Waals surface area contributed by atoms with Crippen LogP contribution >= 0.6 is 27.7 Å². The lowest BCUT2D eigenvalue weighted by molar-refractivity contribution is -0.127. The quantitative estimate of drug-likeness (QED) is 0.851. The van der Waals surface area contributed by atoms with Gasteiger partial charge in [-0.2, -0.15) is 0 Å². The summed E-state index contributed by atoms with van der Waals surface area (Å²) in [7, 11) is 0. The molecule has 1 N–H and O–H groups in total. The first-order valence-corrected chi connectivity index (χ1v) is 9.39. The number of imide groups is 1. The molecule has 1 saturated carbocycles. The molecule has 23 heavy (non-hydrogen) atoms. The van der Waals surface area contributed by atoms with Crippen LogP contribution in [0.4, 0.5) is 4.79 Å². The predicted molar refractivity (Wildman–Crippen MR) is 92.4 cm³/mol. The van der Waals surface area contributed by atoms with Gasteiger partial charge in [0.15, 0.2) is 0 Å². The fourth-order valence-corrected chi connectivity index (χ4v) is 4.15. The lowest BCUT2D eigenvalue weighted by atomic mass is 9.89.